The van der Waals surface area contributed by atoms with E-state index in [1.165, 1.54) is 17.1 Å². The number of thiazole rings is 1. The third-order valence-electron chi connectivity index (χ3n) is 3.49. The molecule has 0 spiro atoms. The van der Waals surface area contributed by atoms with Gasteiger partial charge in [0.2, 0.25) is 0 Å². The van der Waals surface area contributed by atoms with Crippen LogP contribution >= 0.6 is 35.3 Å². The SMILES string of the molecule is CCc1nc(CCNC(=NC)NCC(C)Oc2cccc(F)c2)cs1.I. The van der Waals surface area contributed by atoms with Crippen LogP contribution in [0.4, 0.5) is 4.39 Å². The number of guanidine groups is 1. The third-order valence-corrected chi connectivity index (χ3v) is 4.53. The number of aromatic nitrogens is 1. The molecular formula is C18H26FIN4OS. The Morgan fingerprint density at radius 3 is 2.85 bits per heavy atom. The number of rotatable bonds is 8. The van der Waals surface area contributed by atoms with Crippen LogP contribution in [0.2, 0.25) is 0 Å². The monoisotopic (exact) mass is 492 g/mol. The van der Waals surface area contributed by atoms with Crippen molar-refractivity contribution in [3.63, 3.8) is 0 Å². The second-order valence-corrected chi connectivity index (χ2v) is 6.54. The average molecular weight is 492 g/mol. The van der Waals surface area contributed by atoms with E-state index in [-0.39, 0.29) is 35.9 Å². The van der Waals surface area contributed by atoms with Crippen LogP contribution in [-0.4, -0.2) is 37.2 Å². The Hall–Kier alpha value is -1.42. The number of halogens is 2. The van der Waals surface area contributed by atoms with Gasteiger partial charge in [-0.05, 0) is 25.5 Å². The first-order valence-electron chi connectivity index (χ1n) is 8.40. The first kappa shape index (κ1) is 22.6. The van der Waals surface area contributed by atoms with Gasteiger partial charge in [-0.2, -0.15) is 0 Å². The predicted octanol–water partition coefficient (Wildman–Crippen LogP) is 3.64. The molecule has 0 radical (unpaired) electrons. The van der Waals surface area contributed by atoms with Crippen LogP contribution in [0.5, 0.6) is 5.75 Å². The summed E-state index contributed by atoms with van der Waals surface area (Å²) in [5.41, 5.74) is 1.10. The Morgan fingerprint density at radius 1 is 1.38 bits per heavy atom. The van der Waals surface area contributed by atoms with Gasteiger partial charge in [-0.25, -0.2) is 9.37 Å². The lowest BCUT2D eigenvalue weighted by Crippen LogP contribution is -2.42. The fraction of sp³-hybridized carbons (Fsp3) is 0.444. The number of aliphatic imine (C=N–C) groups is 1. The molecule has 0 amide bonds. The van der Waals surface area contributed by atoms with E-state index in [4.69, 9.17) is 4.74 Å². The van der Waals surface area contributed by atoms with Crippen LogP contribution in [0.1, 0.15) is 24.5 Å². The lowest BCUT2D eigenvalue weighted by molar-refractivity contribution is 0.223. The topological polar surface area (TPSA) is 58.5 Å². The number of aryl methyl sites for hydroxylation is 1. The maximum absolute atomic E-state index is 13.2. The summed E-state index contributed by atoms with van der Waals surface area (Å²) >= 11 is 1.70. The Morgan fingerprint density at radius 2 is 2.19 bits per heavy atom. The highest BCUT2D eigenvalue weighted by atomic mass is 127. The van der Waals surface area contributed by atoms with E-state index in [0.717, 1.165) is 25.1 Å². The molecule has 0 aliphatic rings. The van der Waals surface area contributed by atoms with Gasteiger partial charge in [0.1, 0.15) is 17.7 Å². The molecule has 0 aliphatic heterocycles. The van der Waals surface area contributed by atoms with Gasteiger partial charge in [0.25, 0.3) is 0 Å². The summed E-state index contributed by atoms with van der Waals surface area (Å²) in [6.07, 6.45) is 1.71. The molecule has 1 heterocycles. The van der Waals surface area contributed by atoms with Gasteiger partial charge in [-0.1, -0.05) is 13.0 Å². The van der Waals surface area contributed by atoms with E-state index >= 15 is 0 Å². The quantitative estimate of drug-likeness (QED) is 0.336. The van der Waals surface area contributed by atoms with E-state index in [1.54, 1.807) is 30.5 Å². The second kappa shape index (κ2) is 12.1. The molecule has 144 valence electrons. The fourth-order valence-electron chi connectivity index (χ4n) is 2.21. The number of ether oxygens (including phenoxy) is 1. The number of nitrogens with zero attached hydrogens (tertiary/aromatic N) is 2. The maximum atomic E-state index is 13.2. The van der Waals surface area contributed by atoms with Crippen molar-refractivity contribution in [1.82, 2.24) is 15.6 Å². The fourth-order valence-corrected chi connectivity index (χ4v) is 2.99. The molecule has 1 unspecified atom stereocenters. The van der Waals surface area contributed by atoms with Gasteiger partial charge < -0.3 is 15.4 Å². The van der Waals surface area contributed by atoms with Crippen molar-refractivity contribution < 1.29 is 9.13 Å². The molecule has 2 rings (SSSR count). The normalized spacial score (nSPS) is 12.2. The van der Waals surface area contributed by atoms with Crippen LogP contribution in [-0.2, 0) is 12.8 Å². The zero-order valence-electron chi connectivity index (χ0n) is 15.3. The first-order chi connectivity index (χ1) is 12.1. The zero-order valence-corrected chi connectivity index (χ0v) is 18.4. The molecule has 0 saturated heterocycles. The minimum Gasteiger partial charge on any atom is -0.489 e. The van der Waals surface area contributed by atoms with Crippen LogP contribution in [0, 0.1) is 5.82 Å². The Bertz CT molecular complexity index is 695. The molecule has 1 aromatic heterocycles. The molecule has 0 fully saturated rings. The number of hydrogen-bond acceptors (Lipinski definition) is 4. The van der Waals surface area contributed by atoms with E-state index in [0.29, 0.717) is 18.3 Å². The van der Waals surface area contributed by atoms with Crippen molar-refractivity contribution in [2.75, 3.05) is 20.1 Å². The Balaban J connectivity index is 0.00000338. The van der Waals surface area contributed by atoms with Crippen molar-refractivity contribution >= 4 is 41.3 Å². The molecule has 2 N–H and O–H groups in total. The first-order valence-corrected chi connectivity index (χ1v) is 9.28. The van der Waals surface area contributed by atoms with Crippen molar-refractivity contribution in [1.29, 1.82) is 0 Å². The predicted molar refractivity (Wildman–Crippen MR) is 116 cm³/mol. The van der Waals surface area contributed by atoms with Crippen molar-refractivity contribution in [3.8, 4) is 5.75 Å². The third kappa shape index (κ3) is 7.86. The highest BCUT2D eigenvalue weighted by Crippen LogP contribution is 2.13. The minimum atomic E-state index is -0.302. The molecule has 2 aromatic rings. The molecule has 1 aromatic carbocycles. The highest BCUT2D eigenvalue weighted by Gasteiger charge is 2.07. The van der Waals surface area contributed by atoms with Gasteiger partial charge in [-0.3, -0.25) is 4.99 Å². The van der Waals surface area contributed by atoms with E-state index in [2.05, 4.69) is 32.9 Å². The summed E-state index contributed by atoms with van der Waals surface area (Å²) in [7, 11) is 1.73. The summed E-state index contributed by atoms with van der Waals surface area (Å²) < 4.78 is 18.8. The van der Waals surface area contributed by atoms with E-state index in [9.17, 15) is 4.39 Å². The Labute approximate surface area is 175 Å². The van der Waals surface area contributed by atoms with Gasteiger partial charge in [-0.15, -0.1) is 35.3 Å². The average Bonchev–Trinajstić information content (AvgIpc) is 3.06. The van der Waals surface area contributed by atoms with Crippen LogP contribution < -0.4 is 15.4 Å². The molecule has 0 bridgehead atoms. The molecule has 8 heteroatoms. The van der Waals surface area contributed by atoms with Crippen molar-refractivity contribution in [2.24, 2.45) is 4.99 Å². The van der Waals surface area contributed by atoms with Gasteiger partial charge in [0.15, 0.2) is 5.96 Å². The molecule has 5 nitrogen and oxygen atoms in total. The van der Waals surface area contributed by atoms with Crippen LogP contribution in [0.15, 0.2) is 34.6 Å². The molecular weight excluding hydrogens is 466 g/mol. The Kier molecular flexibility index (Phi) is 10.5. The lowest BCUT2D eigenvalue weighted by Gasteiger charge is -2.17. The molecule has 1 atom stereocenters. The summed E-state index contributed by atoms with van der Waals surface area (Å²) in [6.45, 7) is 5.35. The number of nitrogens with one attached hydrogen (secondary N) is 2. The smallest absolute Gasteiger partial charge is 0.191 e. The standard InChI is InChI=1S/C18H25FN4OS.HI/c1-4-17-23-15(12-25-17)8-9-21-18(20-3)22-11-13(2)24-16-7-5-6-14(19)10-16;/h5-7,10,12-13H,4,8-9,11H2,1-3H3,(H2,20,21,22);1H. The van der Waals surface area contributed by atoms with E-state index in [1.807, 2.05) is 6.92 Å². The summed E-state index contributed by atoms with van der Waals surface area (Å²) in [5, 5.41) is 9.74. The zero-order chi connectivity index (χ0) is 18.1. The minimum absolute atomic E-state index is 0. The van der Waals surface area contributed by atoms with Gasteiger partial charge in [0.05, 0.1) is 17.2 Å². The lowest BCUT2D eigenvalue weighted by atomic mass is 10.3. The summed E-state index contributed by atoms with van der Waals surface area (Å²) in [4.78, 5) is 8.74. The largest absolute Gasteiger partial charge is 0.489 e. The van der Waals surface area contributed by atoms with E-state index < -0.39 is 0 Å². The molecule has 26 heavy (non-hydrogen) atoms. The van der Waals surface area contributed by atoms with Crippen LogP contribution in [0.25, 0.3) is 0 Å². The summed E-state index contributed by atoms with van der Waals surface area (Å²) in [6, 6.07) is 6.15. The van der Waals surface area contributed by atoms with Gasteiger partial charge in [0, 0.05) is 31.5 Å². The molecule has 0 aliphatic carbocycles. The second-order valence-electron chi connectivity index (χ2n) is 5.60. The maximum Gasteiger partial charge on any atom is 0.191 e. The number of benzene rings is 1. The highest BCUT2D eigenvalue weighted by molar-refractivity contribution is 14.0. The van der Waals surface area contributed by atoms with Gasteiger partial charge >= 0.3 is 0 Å². The molecule has 0 saturated carbocycles. The van der Waals surface area contributed by atoms with Crippen molar-refractivity contribution in [2.45, 2.75) is 32.8 Å². The van der Waals surface area contributed by atoms with Crippen molar-refractivity contribution in [3.05, 3.63) is 46.2 Å². The number of hydrogen-bond donors (Lipinski definition) is 2. The van der Waals surface area contributed by atoms with Crippen LogP contribution in [0.3, 0.4) is 0 Å². The summed E-state index contributed by atoms with van der Waals surface area (Å²) in [5.74, 6) is 0.927.